The molecule has 0 atom stereocenters. The van der Waals surface area contributed by atoms with Gasteiger partial charge in [-0.3, -0.25) is 0 Å². The van der Waals surface area contributed by atoms with Crippen LogP contribution < -0.4 is 4.74 Å². The quantitative estimate of drug-likeness (QED) is 0.753. The lowest BCUT2D eigenvalue weighted by atomic mass is 10.1. The molecule has 25 heavy (non-hydrogen) atoms. The van der Waals surface area contributed by atoms with E-state index in [-0.39, 0.29) is 11.9 Å². The Morgan fingerprint density at radius 1 is 1.00 bits per heavy atom. The molecule has 0 aliphatic carbocycles. The van der Waals surface area contributed by atoms with E-state index in [2.05, 4.69) is 9.97 Å². The molecule has 0 aliphatic heterocycles. The first-order valence-electron chi connectivity index (χ1n) is 6.27. The number of halogens is 6. The van der Waals surface area contributed by atoms with Crippen molar-refractivity contribution in [1.82, 2.24) is 9.97 Å². The van der Waals surface area contributed by atoms with Crippen molar-refractivity contribution in [3.63, 3.8) is 0 Å². The number of hydrogen-bond donors (Lipinski definition) is 0. The first-order chi connectivity index (χ1) is 11.3. The Bertz CT molecular complexity index is 879. The lowest BCUT2D eigenvalue weighted by molar-refractivity contribution is -0.163. The zero-order chi connectivity index (χ0) is 19.0. The Morgan fingerprint density at radius 3 is 2.08 bits per heavy atom. The molecule has 0 saturated heterocycles. The fourth-order valence-electron chi connectivity index (χ4n) is 1.98. The number of benzene rings is 1. The molecule has 1 heterocycles. The van der Waals surface area contributed by atoms with Crippen molar-refractivity contribution >= 4 is 9.84 Å². The van der Waals surface area contributed by atoms with Crippen LogP contribution in [0.25, 0.3) is 0 Å². The number of alkyl halides is 6. The van der Waals surface area contributed by atoms with Gasteiger partial charge in [0.15, 0.2) is 9.84 Å². The molecule has 0 aliphatic rings. The Morgan fingerprint density at radius 2 is 1.64 bits per heavy atom. The maximum Gasteiger partial charge on any atom is 0.418 e. The molecule has 0 unspecified atom stereocenters. The van der Waals surface area contributed by atoms with Gasteiger partial charge >= 0.3 is 12.4 Å². The number of hydrogen-bond acceptors (Lipinski definition) is 5. The average molecular weight is 386 g/mol. The molecular weight excluding hydrogens is 378 g/mol. The van der Waals surface area contributed by atoms with Crippen molar-refractivity contribution < 1.29 is 39.5 Å². The van der Waals surface area contributed by atoms with Gasteiger partial charge in [0, 0.05) is 18.5 Å². The largest absolute Gasteiger partial charge is 0.438 e. The van der Waals surface area contributed by atoms with Crippen LogP contribution in [-0.2, 0) is 22.2 Å². The minimum absolute atomic E-state index is 0.105. The Kier molecular flexibility index (Phi) is 4.68. The lowest BCUT2D eigenvalue weighted by Gasteiger charge is -2.20. The standard InChI is InChI=1S/C13H8F6N2O3S/c1-25(22,23)11-8(24-9-4-5-20-6-21-9)3-2-7(12(14,15)16)10(11)13(17,18)19/h2-6H,1H3. The Balaban J connectivity index is 2.83. The molecule has 0 saturated carbocycles. The fraction of sp³-hybridized carbons (Fsp3) is 0.231. The summed E-state index contributed by atoms with van der Waals surface area (Å²) in [7, 11) is -4.74. The summed E-state index contributed by atoms with van der Waals surface area (Å²) in [4.78, 5) is 5.43. The summed E-state index contributed by atoms with van der Waals surface area (Å²) < 4.78 is 107. The number of rotatable bonds is 3. The highest BCUT2D eigenvalue weighted by atomic mass is 32.2. The number of aromatic nitrogens is 2. The average Bonchev–Trinajstić information content (AvgIpc) is 2.44. The van der Waals surface area contributed by atoms with E-state index in [0.29, 0.717) is 12.3 Å². The summed E-state index contributed by atoms with van der Waals surface area (Å²) in [5.74, 6) is -1.27. The highest BCUT2D eigenvalue weighted by molar-refractivity contribution is 7.90. The van der Waals surface area contributed by atoms with Crippen LogP contribution in [-0.4, -0.2) is 24.6 Å². The van der Waals surface area contributed by atoms with Crippen molar-refractivity contribution in [3.8, 4) is 11.6 Å². The molecule has 0 fully saturated rings. The topological polar surface area (TPSA) is 69.2 Å². The summed E-state index contributed by atoms with van der Waals surface area (Å²) >= 11 is 0. The van der Waals surface area contributed by atoms with E-state index in [0.717, 1.165) is 18.6 Å². The predicted octanol–water partition coefficient (Wildman–Crippen LogP) is 3.71. The van der Waals surface area contributed by atoms with Gasteiger partial charge in [0.25, 0.3) is 0 Å². The molecule has 5 nitrogen and oxygen atoms in total. The molecule has 0 amide bonds. The smallest absolute Gasteiger partial charge is 0.418 e. The second-order valence-electron chi connectivity index (χ2n) is 4.73. The second-order valence-corrected chi connectivity index (χ2v) is 6.69. The molecule has 136 valence electrons. The molecule has 0 spiro atoms. The monoisotopic (exact) mass is 386 g/mol. The van der Waals surface area contributed by atoms with E-state index >= 15 is 0 Å². The van der Waals surface area contributed by atoms with Gasteiger partial charge in [-0.1, -0.05) is 0 Å². The van der Waals surface area contributed by atoms with E-state index in [1.165, 1.54) is 0 Å². The van der Waals surface area contributed by atoms with Gasteiger partial charge in [-0.15, -0.1) is 0 Å². The first kappa shape index (κ1) is 19.0. The van der Waals surface area contributed by atoms with Gasteiger partial charge in [-0.05, 0) is 12.1 Å². The van der Waals surface area contributed by atoms with Crippen LogP contribution in [0.4, 0.5) is 26.3 Å². The van der Waals surface area contributed by atoms with Crippen LogP contribution in [0.5, 0.6) is 11.6 Å². The zero-order valence-corrected chi connectivity index (χ0v) is 13.0. The number of sulfone groups is 1. The summed E-state index contributed by atoms with van der Waals surface area (Å²) in [5, 5.41) is 0. The van der Waals surface area contributed by atoms with Gasteiger partial charge < -0.3 is 4.74 Å². The molecule has 0 bridgehead atoms. The summed E-state index contributed by atoms with van der Waals surface area (Å²) in [6.45, 7) is 0. The summed E-state index contributed by atoms with van der Waals surface area (Å²) in [6, 6.07) is 1.70. The summed E-state index contributed by atoms with van der Waals surface area (Å²) in [5.41, 5.74) is -4.47. The first-order valence-corrected chi connectivity index (χ1v) is 8.16. The maximum atomic E-state index is 13.2. The zero-order valence-electron chi connectivity index (χ0n) is 12.2. The highest BCUT2D eigenvalue weighted by Gasteiger charge is 2.47. The predicted molar refractivity (Wildman–Crippen MR) is 71.7 cm³/mol. The lowest BCUT2D eigenvalue weighted by Crippen LogP contribution is -2.21. The SMILES string of the molecule is CS(=O)(=O)c1c(Oc2ccncn2)ccc(C(F)(F)F)c1C(F)(F)F. The van der Waals surface area contributed by atoms with Gasteiger partial charge in [-0.25, -0.2) is 18.4 Å². The minimum Gasteiger partial charge on any atom is -0.438 e. The minimum atomic E-state index is -5.59. The molecule has 0 N–H and O–H groups in total. The van der Waals surface area contributed by atoms with Crippen molar-refractivity contribution in [2.45, 2.75) is 17.2 Å². The van der Waals surface area contributed by atoms with Crippen molar-refractivity contribution in [2.75, 3.05) is 6.26 Å². The Labute approximate surface area is 137 Å². The molecule has 1 aromatic carbocycles. The maximum absolute atomic E-state index is 13.2. The normalized spacial score (nSPS) is 12.9. The second kappa shape index (κ2) is 6.17. The highest BCUT2D eigenvalue weighted by Crippen LogP contribution is 2.46. The van der Waals surface area contributed by atoms with Gasteiger partial charge in [0.05, 0.1) is 11.1 Å². The van der Waals surface area contributed by atoms with E-state index in [9.17, 15) is 34.8 Å². The van der Waals surface area contributed by atoms with Gasteiger partial charge in [0.1, 0.15) is 17.0 Å². The van der Waals surface area contributed by atoms with Crippen LogP contribution >= 0.6 is 0 Å². The molecule has 12 heteroatoms. The van der Waals surface area contributed by atoms with Crippen LogP contribution in [0.1, 0.15) is 11.1 Å². The van der Waals surface area contributed by atoms with E-state index in [1.807, 2.05) is 0 Å². The number of nitrogens with zero attached hydrogens (tertiary/aromatic N) is 2. The third-order valence-corrected chi connectivity index (χ3v) is 4.00. The van der Waals surface area contributed by atoms with E-state index in [4.69, 9.17) is 4.74 Å². The molecule has 2 rings (SSSR count). The molecule has 0 radical (unpaired) electrons. The van der Waals surface area contributed by atoms with E-state index < -0.39 is 44.0 Å². The third-order valence-electron chi connectivity index (χ3n) is 2.85. The van der Waals surface area contributed by atoms with Gasteiger partial charge in [-0.2, -0.15) is 26.3 Å². The van der Waals surface area contributed by atoms with Crippen LogP contribution in [0.3, 0.4) is 0 Å². The van der Waals surface area contributed by atoms with Crippen LogP contribution in [0.2, 0.25) is 0 Å². The summed E-state index contributed by atoms with van der Waals surface area (Å²) in [6.07, 6.45) is -8.54. The number of ether oxygens (including phenoxy) is 1. The van der Waals surface area contributed by atoms with Crippen molar-refractivity contribution in [2.24, 2.45) is 0 Å². The third kappa shape index (κ3) is 4.18. The van der Waals surface area contributed by atoms with Crippen molar-refractivity contribution in [1.29, 1.82) is 0 Å². The van der Waals surface area contributed by atoms with E-state index in [1.54, 1.807) is 0 Å². The van der Waals surface area contributed by atoms with Crippen molar-refractivity contribution in [3.05, 3.63) is 41.9 Å². The Hall–Kier alpha value is -2.37. The molecule has 2 aromatic rings. The van der Waals surface area contributed by atoms with Gasteiger partial charge in [0.2, 0.25) is 5.88 Å². The fourth-order valence-corrected chi connectivity index (χ4v) is 3.05. The molecular formula is C13H8F6N2O3S. The molecule has 1 aromatic heterocycles. The van der Waals surface area contributed by atoms with Crippen LogP contribution in [0.15, 0.2) is 35.6 Å². The van der Waals surface area contributed by atoms with Crippen LogP contribution in [0, 0.1) is 0 Å².